The summed E-state index contributed by atoms with van der Waals surface area (Å²) in [7, 11) is 3.91. The second-order valence-corrected chi connectivity index (χ2v) is 7.23. The standard InChI is InChI=1S/C19H25NO3/c1-11-12-4-8-16(21)18(10-12)23-19-14-5-7-15(20(11)2)13(14)6-9-17(19)22-3/h6,9,11-12,15,18H,4-5,7-8,10H2,1-3H3. The number of fused-ring (bicyclic) bond motifs is 2. The predicted molar refractivity (Wildman–Crippen MR) is 88.0 cm³/mol. The molecule has 0 aromatic heterocycles. The average molecular weight is 315 g/mol. The number of Topliss-reactive ketones (excluding diaryl/α,β-unsaturated/α-hetero) is 1. The molecule has 4 atom stereocenters. The van der Waals surface area contributed by atoms with Gasteiger partial charge in [0, 0.05) is 24.1 Å². The Morgan fingerprint density at radius 3 is 2.87 bits per heavy atom. The van der Waals surface area contributed by atoms with Crippen LogP contribution in [0.1, 0.15) is 49.8 Å². The number of rotatable bonds is 1. The van der Waals surface area contributed by atoms with Crippen LogP contribution in [0.4, 0.5) is 0 Å². The van der Waals surface area contributed by atoms with Gasteiger partial charge in [-0.2, -0.15) is 0 Å². The lowest BCUT2D eigenvalue weighted by atomic mass is 9.81. The Kier molecular flexibility index (Phi) is 3.60. The van der Waals surface area contributed by atoms with E-state index in [1.807, 2.05) is 6.07 Å². The minimum Gasteiger partial charge on any atom is -0.493 e. The summed E-state index contributed by atoms with van der Waals surface area (Å²) in [6.45, 7) is 2.31. The van der Waals surface area contributed by atoms with E-state index < -0.39 is 0 Å². The van der Waals surface area contributed by atoms with Gasteiger partial charge in [0.1, 0.15) is 0 Å². The summed E-state index contributed by atoms with van der Waals surface area (Å²) in [5.41, 5.74) is 2.59. The van der Waals surface area contributed by atoms with E-state index in [0.717, 1.165) is 37.2 Å². The van der Waals surface area contributed by atoms with E-state index in [2.05, 4.69) is 24.9 Å². The minimum absolute atomic E-state index is 0.242. The van der Waals surface area contributed by atoms with Crippen LogP contribution in [0.2, 0.25) is 0 Å². The SMILES string of the molecule is COc1ccc2c3c1OC1CC(CCC1=O)C(C)N(C)C2CC3. The van der Waals surface area contributed by atoms with Crippen molar-refractivity contribution in [1.29, 1.82) is 0 Å². The monoisotopic (exact) mass is 315 g/mol. The molecule has 124 valence electrons. The lowest BCUT2D eigenvalue weighted by Crippen LogP contribution is -2.44. The van der Waals surface area contributed by atoms with Crippen molar-refractivity contribution in [1.82, 2.24) is 4.90 Å². The van der Waals surface area contributed by atoms with E-state index >= 15 is 0 Å². The Balaban J connectivity index is 1.85. The van der Waals surface area contributed by atoms with Crippen LogP contribution in [0.15, 0.2) is 12.1 Å². The summed E-state index contributed by atoms with van der Waals surface area (Å²) in [5, 5.41) is 0. The van der Waals surface area contributed by atoms with Gasteiger partial charge in [-0.1, -0.05) is 6.07 Å². The highest BCUT2D eigenvalue weighted by atomic mass is 16.5. The Morgan fingerprint density at radius 2 is 2.09 bits per heavy atom. The van der Waals surface area contributed by atoms with Gasteiger partial charge < -0.3 is 9.47 Å². The molecular formula is C19H25NO3. The van der Waals surface area contributed by atoms with Gasteiger partial charge in [-0.25, -0.2) is 0 Å². The molecule has 23 heavy (non-hydrogen) atoms. The first-order chi connectivity index (χ1) is 11.1. The molecule has 1 heterocycles. The zero-order valence-corrected chi connectivity index (χ0v) is 14.2. The van der Waals surface area contributed by atoms with Crippen LogP contribution in [-0.4, -0.2) is 37.0 Å². The van der Waals surface area contributed by atoms with E-state index in [1.165, 1.54) is 11.1 Å². The molecule has 1 saturated carbocycles. The van der Waals surface area contributed by atoms with E-state index in [-0.39, 0.29) is 11.9 Å². The Bertz CT molecular complexity index is 642. The van der Waals surface area contributed by atoms with Crippen molar-refractivity contribution in [3.05, 3.63) is 23.3 Å². The number of hydrogen-bond donors (Lipinski definition) is 0. The van der Waals surface area contributed by atoms with Crippen molar-refractivity contribution >= 4 is 5.78 Å². The topological polar surface area (TPSA) is 38.8 Å². The highest BCUT2D eigenvalue weighted by molar-refractivity contribution is 5.84. The van der Waals surface area contributed by atoms with Crippen LogP contribution in [-0.2, 0) is 11.2 Å². The molecule has 4 unspecified atom stereocenters. The van der Waals surface area contributed by atoms with Crippen LogP contribution in [0.5, 0.6) is 11.5 Å². The summed E-state index contributed by atoms with van der Waals surface area (Å²) in [6, 6.07) is 5.09. The van der Waals surface area contributed by atoms with Crippen LogP contribution < -0.4 is 9.47 Å². The zero-order valence-electron chi connectivity index (χ0n) is 14.2. The third-order valence-corrected chi connectivity index (χ3v) is 6.22. The second-order valence-electron chi connectivity index (χ2n) is 7.23. The maximum absolute atomic E-state index is 12.4. The molecule has 0 spiro atoms. The first kappa shape index (κ1) is 15.0. The first-order valence-electron chi connectivity index (χ1n) is 8.71. The van der Waals surface area contributed by atoms with Crippen LogP contribution in [0, 0.1) is 5.92 Å². The van der Waals surface area contributed by atoms with E-state index in [9.17, 15) is 4.79 Å². The van der Waals surface area contributed by atoms with Crippen LogP contribution >= 0.6 is 0 Å². The number of ether oxygens (including phenoxy) is 2. The maximum Gasteiger partial charge on any atom is 0.173 e. The van der Waals surface area contributed by atoms with Crippen molar-refractivity contribution in [2.24, 2.45) is 5.92 Å². The Hall–Kier alpha value is -1.55. The van der Waals surface area contributed by atoms with Crippen molar-refractivity contribution in [3.8, 4) is 11.5 Å². The van der Waals surface area contributed by atoms with Crippen molar-refractivity contribution < 1.29 is 14.3 Å². The summed E-state index contributed by atoms with van der Waals surface area (Å²) >= 11 is 0. The van der Waals surface area contributed by atoms with E-state index in [1.54, 1.807) is 7.11 Å². The lowest BCUT2D eigenvalue weighted by molar-refractivity contribution is -0.130. The van der Waals surface area contributed by atoms with Gasteiger partial charge in [0.05, 0.1) is 7.11 Å². The van der Waals surface area contributed by atoms with Crippen molar-refractivity contribution in [3.63, 3.8) is 0 Å². The number of nitrogens with zero attached hydrogens (tertiary/aromatic N) is 1. The van der Waals surface area contributed by atoms with Gasteiger partial charge in [0.15, 0.2) is 23.4 Å². The molecule has 6 bridgehead atoms. The largest absolute Gasteiger partial charge is 0.493 e. The molecule has 2 aliphatic carbocycles. The van der Waals surface area contributed by atoms with Gasteiger partial charge in [-0.05, 0) is 57.2 Å². The zero-order chi connectivity index (χ0) is 16.1. The molecule has 1 fully saturated rings. The fraction of sp³-hybridized carbons (Fsp3) is 0.632. The van der Waals surface area contributed by atoms with Crippen LogP contribution in [0.3, 0.4) is 0 Å². The second kappa shape index (κ2) is 5.52. The minimum atomic E-state index is -0.317. The summed E-state index contributed by atoms with van der Waals surface area (Å²) in [6.07, 6.45) is 4.23. The van der Waals surface area contributed by atoms with Gasteiger partial charge in [-0.3, -0.25) is 9.69 Å². The first-order valence-corrected chi connectivity index (χ1v) is 8.71. The maximum atomic E-state index is 12.4. The van der Waals surface area contributed by atoms with Gasteiger partial charge >= 0.3 is 0 Å². The molecule has 1 aromatic rings. The molecule has 3 aliphatic rings. The molecule has 4 nitrogen and oxygen atoms in total. The van der Waals surface area contributed by atoms with Gasteiger partial charge in [-0.15, -0.1) is 0 Å². The Morgan fingerprint density at radius 1 is 1.26 bits per heavy atom. The normalized spacial score (nSPS) is 33.3. The average Bonchev–Trinajstić information content (AvgIpc) is 2.99. The lowest BCUT2D eigenvalue weighted by Gasteiger charge is -2.40. The summed E-state index contributed by atoms with van der Waals surface area (Å²) in [4.78, 5) is 14.9. The van der Waals surface area contributed by atoms with E-state index in [4.69, 9.17) is 9.47 Å². The molecule has 0 saturated heterocycles. The molecule has 1 aliphatic heterocycles. The quantitative estimate of drug-likeness (QED) is 0.798. The van der Waals surface area contributed by atoms with Gasteiger partial charge in [0.2, 0.25) is 0 Å². The number of ketones is 1. The molecule has 4 rings (SSSR count). The smallest absolute Gasteiger partial charge is 0.173 e. The summed E-state index contributed by atoms with van der Waals surface area (Å²) in [5.74, 6) is 2.33. The van der Waals surface area contributed by atoms with Gasteiger partial charge in [0.25, 0.3) is 0 Å². The van der Waals surface area contributed by atoms with Crippen molar-refractivity contribution in [2.45, 2.75) is 57.2 Å². The molecule has 0 radical (unpaired) electrons. The van der Waals surface area contributed by atoms with Crippen molar-refractivity contribution in [2.75, 3.05) is 14.2 Å². The van der Waals surface area contributed by atoms with E-state index in [0.29, 0.717) is 24.4 Å². The molecule has 4 heteroatoms. The third-order valence-electron chi connectivity index (χ3n) is 6.22. The molecule has 1 aromatic carbocycles. The molecule has 0 N–H and O–H groups in total. The Labute approximate surface area is 137 Å². The number of carbonyl (C=O) groups is 1. The number of methoxy groups -OCH3 is 1. The number of carbonyl (C=O) groups excluding carboxylic acids is 1. The number of benzene rings is 1. The third kappa shape index (κ3) is 2.26. The predicted octanol–water partition coefficient (Wildman–Crippen LogP) is 3.13. The fourth-order valence-corrected chi connectivity index (χ4v) is 4.66. The highest BCUT2D eigenvalue weighted by Gasteiger charge is 2.40. The highest BCUT2D eigenvalue weighted by Crippen LogP contribution is 2.47. The molecule has 0 amide bonds. The number of hydrogen-bond acceptors (Lipinski definition) is 4. The molecular weight excluding hydrogens is 290 g/mol. The van der Waals surface area contributed by atoms with Crippen LogP contribution in [0.25, 0.3) is 0 Å². The summed E-state index contributed by atoms with van der Waals surface area (Å²) < 4.78 is 11.8. The fourth-order valence-electron chi connectivity index (χ4n) is 4.66.